The van der Waals surface area contributed by atoms with Gasteiger partial charge in [-0.25, -0.2) is 18.1 Å². The molecule has 0 radical (unpaired) electrons. The van der Waals surface area contributed by atoms with Crippen LogP contribution in [0.3, 0.4) is 0 Å². The van der Waals surface area contributed by atoms with Gasteiger partial charge in [-0.15, -0.1) is 11.3 Å². The molecule has 0 atom stereocenters. The predicted octanol–water partition coefficient (Wildman–Crippen LogP) is 2.49. The van der Waals surface area contributed by atoms with E-state index in [9.17, 15) is 8.42 Å². The smallest absolute Gasteiger partial charge is 0.244 e. The molecule has 2 aromatic rings. The first-order valence-corrected chi connectivity index (χ1v) is 9.20. The van der Waals surface area contributed by atoms with Gasteiger partial charge < -0.3 is 5.32 Å². The van der Waals surface area contributed by atoms with Crippen molar-refractivity contribution >= 4 is 27.2 Å². The van der Waals surface area contributed by atoms with E-state index in [2.05, 4.69) is 15.0 Å². The van der Waals surface area contributed by atoms with Crippen LogP contribution in [0.4, 0.5) is 5.82 Å². The average molecular weight is 325 g/mol. The van der Waals surface area contributed by atoms with Crippen LogP contribution in [-0.4, -0.2) is 26.5 Å². The fraction of sp³-hybridized carbons (Fsp3) is 0.357. The van der Waals surface area contributed by atoms with E-state index in [0.29, 0.717) is 25.3 Å². The molecule has 0 aliphatic carbocycles. The summed E-state index contributed by atoms with van der Waals surface area (Å²) in [6.07, 6.45) is 3.18. The second-order valence-electron chi connectivity index (χ2n) is 4.50. The van der Waals surface area contributed by atoms with E-state index in [1.165, 1.54) is 0 Å². The maximum atomic E-state index is 12.4. The molecule has 0 fully saturated rings. The van der Waals surface area contributed by atoms with E-state index >= 15 is 0 Å². The fourth-order valence-electron chi connectivity index (χ4n) is 1.82. The van der Waals surface area contributed by atoms with Crippen molar-refractivity contribution in [1.82, 2.24) is 9.71 Å². The van der Waals surface area contributed by atoms with Crippen molar-refractivity contribution in [2.24, 2.45) is 0 Å². The molecule has 0 amide bonds. The number of nitrogens with zero attached hydrogens (tertiary/aromatic N) is 1. The Labute approximate surface area is 129 Å². The lowest BCUT2D eigenvalue weighted by Gasteiger charge is -2.11. The zero-order valence-electron chi connectivity index (χ0n) is 11.9. The van der Waals surface area contributed by atoms with Gasteiger partial charge in [-0.2, -0.15) is 0 Å². The SMILES string of the molecule is CCCNc1ncccc1S(=O)(=O)NCCc1cccs1. The summed E-state index contributed by atoms with van der Waals surface area (Å²) >= 11 is 1.62. The summed E-state index contributed by atoms with van der Waals surface area (Å²) in [5, 5.41) is 5.03. The van der Waals surface area contributed by atoms with Gasteiger partial charge in [0, 0.05) is 24.2 Å². The summed E-state index contributed by atoms with van der Waals surface area (Å²) in [7, 11) is -3.54. The van der Waals surface area contributed by atoms with Crippen molar-refractivity contribution in [3.8, 4) is 0 Å². The third-order valence-corrected chi connectivity index (χ3v) is 5.28. The molecule has 0 saturated heterocycles. The molecule has 0 bridgehead atoms. The van der Waals surface area contributed by atoms with Gasteiger partial charge in [-0.05, 0) is 36.4 Å². The van der Waals surface area contributed by atoms with Gasteiger partial charge in [-0.1, -0.05) is 13.0 Å². The summed E-state index contributed by atoms with van der Waals surface area (Å²) in [6, 6.07) is 7.16. The summed E-state index contributed by atoms with van der Waals surface area (Å²) in [6.45, 7) is 3.09. The van der Waals surface area contributed by atoms with Crippen molar-refractivity contribution in [2.75, 3.05) is 18.4 Å². The summed E-state index contributed by atoms with van der Waals surface area (Å²) in [5.41, 5.74) is 0. The Kier molecular flexibility index (Phi) is 5.72. The third-order valence-electron chi connectivity index (χ3n) is 2.85. The zero-order valence-corrected chi connectivity index (χ0v) is 13.5. The molecule has 5 nitrogen and oxygen atoms in total. The monoisotopic (exact) mass is 325 g/mol. The molecule has 0 aliphatic rings. The highest BCUT2D eigenvalue weighted by Crippen LogP contribution is 2.18. The Morgan fingerprint density at radius 3 is 2.81 bits per heavy atom. The number of thiophene rings is 1. The maximum Gasteiger partial charge on any atom is 0.244 e. The molecular weight excluding hydrogens is 306 g/mol. The molecule has 2 aromatic heterocycles. The molecule has 7 heteroatoms. The van der Waals surface area contributed by atoms with Gasteiger partial charge in [0.2, 0.25) is 10.0 Å². The van der Waals surface area contributed by atoms with Crippen molar-refractivity contribution in [2.45, 2.75) is 24.7 Å². The number of sulfonamides is 1. The molecule has 2 rings (SSSR count). The first-order chi connectivity index (χ1) is 10.1. The molecule has 0 unspecified atom stereocenters. The first kappa shape index (κ1) is 15.9. The Balaban J connectivity index is 2.04. The number of anilines is 1. The minimum absolute atomic E-state index is 0.199. The number of hydrogen-bond donors (Lipinski definition) is 2. The molecule has 0 aromatic carbocycles. The Morgan fingerprint density at radius 2 is 2.10 bits per heavy atom. The second-order valence-corrected chi connectivity index (χ2v) is 7.27. The van der Waals surface area contributed by atoms with Gasteiger partial charge in [0.25, 0.3) is 0 Å². The van der Waals surface area contributed by atoms with E-state index in [1.54, 1.807) is 29.7 Å². The molecule has 0 spiro atoms. The third kappa shape index (κ3) is 4.52. The van der Waals surface area contributed by atoms with Gasteiger partial charge in [-0.3, -0.25) is 0 Å². The standard InChI is InChI=1S/C14H19N3O2S2/c1-2-8-15-14-13(6-3-9-16-14)21(18,19)17-10-7-12-5-4-11-20-12/h3-6,9,11,17H,2,7-8,10H2,1H3,(H,15,16). The van der Waals surface area contributed by atoms with E-state index in [-0.39, 0.29) is 4.90 Å². The fourth-order valence-corrected chi connectivity index (χ4v) is 3.70. The van der Waals surface area contributed by atoms with Crippen LogP contribution >= 0.6 is 11.3 Å². The van der Waals surface area contributed by atoms with Crippen molar-refractivity contribution in [3.63, 3.8) is 0 Å². The molecule has 21 heavy (non-hydrogen) atoms. The summed E-state index contributed by atoms with van der Waals surface area (Å²) < 4.78 is 27.3. The van der Waals surface area contributed by atoms with Gasteiger partial charge >= 0.3 is 0 Å². The zero-order chi connectivity index (χ0) is 15.1. The largest absolute Gasteiger partial charge is 0.369 e. The van der Waals surface area contributed by atoms with Crippen LogP contribution in [0.2, 0.25) is 0 Å². The molecule has 0 aliphatic heterocycles. The second kappa shape index (κ2) is 7.53. The lowest BCUT2D eigenvalue weighted by Crippen LogP contribution is -2.27. The van der Waals surface area contributed by atoms with Gasteiger partial charge in [0.15, 0.2) is 0 Å². The lowest BCUT2D eigenvalue weighted by molar-refractivity contribution is 0.581. The van der Waals surface area contributed by atoms with Gasteiger partial charge in [0.05, 0.1) is 0 Å². The van der Waals surface area contributed by atoms with E-state index in [4.69, 9.17) is 0 Å². The number of pyridine rings is 1. The van der Waals surface area contributed by atoms with Crippen LogP contribution in [0.1, 0.15) is 18.2 Å². The van der Waals surface area contributed by atoms with Crippen LogP contribution in [0.15, 0.2) is 40.7 Å². The number of aromatic nitrogens is 1. The highest BCUT2D eigenvalue weighted by Gasteiger charge is 2.18. The van der Waals surface area contributed by atoms with E-state index < -0.39 is 10.0 Å². The minimum atomic E-state index is -3.54. The van der Waals surface area contributed by atoms with Gasteiger partial charge in [0.1, 0.15) is 10.7 Å². The van der Waals surface area contributed by atoms with Crippen molar-refractivity contribution in [1.29, 1.82) is 0 Å². The lowest BCUT2D eigenvalue weighted by atomic mass is 10.3. The van der Waals surface area contributed by atoms with Crippen LogP contribution in [0, 0.1) is 0 Å². The maximum absolute atomic E-state index is 12.4. The van der Waals surface area contributed by atoms with E-state index in [0.717, 1.165) is 11.3 Å². The van der Waals surface area contributed by atoms with E-state index in [1.807, 2.05) is 24.4 Å². The predicted molar refractivity (Wildman–Crippen MR) is 86.2 cm³/mol. The topological polar surface area (TPSA) is 71.1 Å². The van der Waals surface area contributed by atoms with Crippen LogP contribution < -0.4 is 10.0 Å². The van der Waals surface area contributed by atoms with Crippen LogP contribution in [0.5, 0.6) is 0 Å². The van der Waals surface area contributed by atoms with Crippen LogP contribution in [0.25, 0.3) is 0 Å². The molecule has 2 N–H and O–H groups in total. The van der Waals surface area contributed by atoms with Crippen LogP contribution in [-0.2, 0) is 16.4 Å². The Bertz CT molecular complexity index is 655. The minimum Gasteiger partial charge on any atom is -0.369 e. The van der Waals surface area contributed by atoms with Crippen molar-refractivity contribution in [3.05, 3.63) is 40.7 Å². The quantitative estimate of drug-likeness (QED) is 0.782. The van der Waals surface area contributed by atoms with Crippen molar-refractivity contribution < 1.29 is 8.42 Å². The number of nitrogens with one attached hydrogen (secondary N) is 2. The highest BCUT2D eigenvalue weighted by atomic mass is 32.2. The normalized spacial score (nSPS) is 11.5. The molecule has 114 valence electrons. The number of hydrogen-bond acceptors (Lipinski definition) is 5. The number of rotatable bonds is 8. The highest BCUT2D eigenvalue weighted by molar-refractivity contribution is 7.89. The Hall–Kier alpha value is -1.44. The molecule has 2 heterocycles. The molecular formula is C14H19N3O2S2. The average Bonchev–Trinajstić information content (AvgIpc) is 2.98. The summed E-state index contributed by atoms with van der Waals surface area (Å²) in [4.78, 5) is 5.47. The molecule has 0 saturated carbocycles. The Morgan fingerprint density at radius 1 is 1.24 bits per heavy atom. The first-order valence-electron chi connectivity index (χ1n) is 6.84. The summed E-state index contributed by atoms with van der Waals surface area (Å²) in [5.74, 6) is 0.406.